The number of benzene rings is 2. The molecule has 6 nitrogen and oxygen atoms in total. The molecule has 4 rings (SSSR count). The highest BCUT2D eigenvalue weighted by molar-refractivity contribution is 7.92. The average molecular weight is 432 g/mol. The van der Waals surface area contributed by atoms with Crippen molar-refractivity contribution in [3.05, 3.63) is 58.7 Å². The molecule has 29 heavy (non-hydrogen) atoms. The van der Waals surface area contributed by atoms with Crippen molar-refractivity contribution in [3.63, 3.8) is 0 Å². The van der Waals surface area contributed by atoms with Gasteiger partial charge in [-0.2, -0.15) is 0 Å². The maximum atomic E-state index is 12.8. The number of rotatable bonds is 4. The van der Waals surface area contributed by atoms with E-state index in [0.717, 1.165) is 42.4 Å². The van der Waals surface area contributed by atoms with Crippen molar-refractivity contribution >= 4 is 44.1 Å². The number of aryl methyl sites for hydroxylation is 2. The molecule has 1 aromatic heterocycles. The molecule has 0 spiro atoms. The molecule has 0 aliphatic carbocycles. The van der Waals surface area contributed by atoms with Crippen LogP contribution < -0.4 is 4.72 Å². The zero-order valence-electron chi connectivity index (χ0n) is 16.3. The number of hydrogen-bond donors (Lipinski definition) is 1. The van der Waals surface area contributed by atoms with Gasteiger partial charge in [0.05, 0.1) is 21.7 Å². The summed E-state index contributed by atoms with van der Waals surface area (Å²) in [6.07, 6.45) is 3.88. The van der Waals surface area contributed by atoms with Gasteiger partial charge in [-0.25, -0.2) is 8.42 Å². The molecular formula is C21H22ClN3O3S. The molecule has 0 unspecified atom stereocenters. The number of anilines is 1. The lowest BCUT2D eigenvalue weighted by Gasteiger charge is -2.14. The second-order valence-corrected chi connectivity index (χ2v) is 9.57. The summed E-state index contributed by atoms with van der Waals surface area (Å²) < 4.78 is 30.0. The zero-order chi connectivity index (χ0) is 20.8. The van der Waals surface area contributed by atoms with E-state index in [-0.39, 0.29) is 10.8 Å². The van der Waals surface area contributed by atoms with E-state index in [0.29, 0.717) is 16.3 Å². The number of carbonyl (C=O) groups is 1. The Morgan fingerprint density at radius 1 is 1.10 bits per heavy atom. The zero-order valence-corrected chi connectivity index (χ0v) is 17.8. The highest BCUT2D eigenvalue weighted by Gasteiger charge is 2.23. The van der Waals surface area contributed by atoms with Crippen LogP contribution in [0.25, 0.3) is 10.9 Å². The van der Waals surface area contributed by atoms with Gasteiger partial charge >= 0.3 is 0 Å². The fourth-order valence-corrected chi connectivity index (χ4v) is 5.31. The van der Waals surface area contributed by atoms with Crippen molar-refractivity contribution in [2.24, 2.45) is 7.05 Å². The van der Waals surface area contributed by atoms with E-state index in [9.17, 15) is 13.2 Å². The number of amides is 1. The van der Waals surface area contributed by atoms with Crippen LogP contribution in [0.4, 0.5) is 5.69 Å². The molecule has 0 atom stereocenters. The summed E-state index contributed by atoms with van der Waals surface area (Å²) in [6, 6.07) is 9.91. The molecule has 1 saturated heterocycles. The Kier molecular flexibility index (Phi) is 5.04. The van der Waals surface area contributed by atoms with Crippen LogP contribution in [0.1, 0.15) is 28.8 Å². The lowest BCUT2D eigenvalue weighted by Crippen LogP contribution is -2.27. The second kappa shape index (κ2) is 7.39. The second-order valence-electron chi connectivity index (χ2n) is 7.45. The number of sulfonamides is 1. The number of nitrogens with one attached hydrogen (secondary N) is 1. The molecule has 0 radical (unpaired) electrons. The maximum absolute atomic E-state index is 12.8. The van der Waals surface area contributed by atoms with Gasteiger partial charge in [0, 0.05) is 36.7 Å². The summed E-state index contributed by atoms with van der Waals surface area (Å²) in [7, 11) is -1.93. The van der Waals surface area contributed by atoms with Crippen molar-refractivity contribution in [1.82, 2.24) is 9.47 Å². The number of aromatic nitrogens is 1. The third-order valence-electron chi connectivity index (χ3n) is 5.19. The minimum atomic E-state index is -3.78. The van der Waals surface area contributed by atoms with Crippen molar-refractivity contribution in [2.45, 2.75) is 24.7 Å². The van der Waals surface area contributed by atoms with E-state index in [1.165, 1.54) is 6.07 Å². The van der Waals surface area contributed by atoms with Crippen molar-refractivity contribution in [3.8, 4) is 0 Å². The van der Waals surface area contributed by atoms with Crippen molar-refractivity contribution in [2.75, 3.05) is 17.8 Å². The van der Waals surface area contributed by atoms with E-state index in [1.54, 1.807) is 37.3 Å². The Morgan fingerprint density at radius 2 is 1.83 bits per heavy atom. The Balaban J connectivity index is 1.67. The highest BCUT2D eigenvalue weighted by atomic mass is 35.5. The maximum Gasteiger partial charge on any atom is 0.261 e. The molecule has 8 heteroatoms. The molecule has 0 bridgehead atoms. The molecule has 1 amide bonds. The minimum absolute atomic E-state index is 0.0239. The van der Waals surface area contributed by atoms with Gasteiger partial charge < -0.3 is 9.47 Å². The first-order chi connectivity index (χ1) is 13.7. The van der Waals surface area contributed by atoms with E-state index >= 15 is 0 Å². The summed E-state index contributed by atoms with van der Waals surface area (Å²) in [6.45, 7) is 3.36. The highest BCUT2D eigenvalue weighted by Crippen LogP contribution is 2.28. The quantitative estimate of drug-likeness (QED) is 0.673. The van der Waals surface area contributed by atoms with Crippen LogP contribution in [0.3, 0.4) is 0 Å². The summed E-state index contributed by atoms with van der Waals surface area (Å²) >= 11 is 6.01. The molecule has 0 saturated carbocycles. The predicted octanol–water partition coefficient (Wildman–Crippen LogP) is 4.18. The van der Waals surface area contributed by atoms with Gasteiger partial charge in [0.15, 0.2) is 0 Å². The molecule has 3 aromatic rings. The van der Waals surface area contributed by atoms with Crippen molar-refractivity contribution in [1.29, 1.82) is 0 Å². The van der Waals surface area contributed by atoms with Crippen LogP contribution in [0.15, 0.2) is 47.5 Å². The minimum Gasteiger partial charge on any atom is -0.350 e. The van der Waals surface area contributed by atoms with Gasteiger partial charge in [-0.05, 0) is 61.7 Å². The normalized spacial score (nSPS) is 14.5. The van der Waals surface area contributed by atoms with Crippen molar-refractivity contribution < 1.29 is 13.2 Å². The molecule has 2 aromatic carbocycles. The van der Waals surface area contributed by atoms with Gasteiger partial charge in [0.25, 0.3) is 15.9 Å². The Hall–Kier alpha value is -2.51. The fraction of sp³-hybridized carbons (Fsp3) is 0.286. The monoisotopic (exact) mass is 431 g/mol. The van der Waals surface area contributed by atoms with Crippen LogP contribution >= 0.6 is 11.6 Å². The SMILES string of the molecule is Cc1cc(Cl)cc(S(=O)(=O)Nc2ccc3c(C(=O)N4CCCC4)cn(C)c3c2)c1. The Morgan fingerprint density at radius 3 is 2.52 bits per heavy atom. The topological polar surface area (TPSA) is 71.4 Å². The van der Waals surface area contributed by atoms with Gasteiger partial charge in [-0.15, -0.1) is 0 Å². The third kappa shape index (κ3) is 3.84. The average Bonchev–Trinajstić information content (AvgIpc) is 3.29. The smallest absolute Gasteiger partial charge is 0.261 e. The van der Waals surface area contributed by atoms with E-state index < -0.39 is 10.0 Å². The number of hydrogen-bond acceptors (Lipinski definition) is 3. The summed E-state index contributed by atoms with van der Waals surface area (Å²) in [5.41, 5.74) is 2.62. The van der Waals surface area contributed by atoms with E-state index in [1.807, 2.05) is 22.7 Å². The number of fused-ring (bicyclic) bond motifs is 1. The molecule has 1 fully saturated rings. The number of likely N-dealkylation sites (tertiary alicyclic amines) is 1. The third-order valence-corrected chi connectivity index (χ3v) is 6.77. The van der Waals surface area contributed by atoms with Gasteiger partial charge in [-0.1, -0.05) is 11.6 Å². The molecule has 152 valence electrons. The molecular weight excluding hydrogens is 410 g/mol. The van der Waals surface area contributed by atoms with Crippen LogP contribution in [0, 0.1) is 6.92 Å². The van der Waals surface area contributed by atoms with E-state index in [2.05, 4.69) is 4.72 Å². The van der Waals surface area contributed by atoms with Crippen LogP contribution in [0.5, 0.6) is 0 Å². The Bertz CT molecular complexity index is 1190. The largest absolute Gasteiger partial charge is 0.350 e. The Labute approximate surface area is 175 Å². The van der Waals surface area contributed by atoms with Crippen LogP contribution in [0.2, 0.25) is 5.02 Å². The lowest BCUT2D eigenvalue weighted by atomic mass is 10.1. The molecule has 1 N–H and O–H groups in total. The fourth-order valence-electron chi connectivity index (χ4n) is 3.78. The predicted molar refractivity (Wildman–Crippen MR) is 115 cm³/mol. The van der Waals surface area contributed by atoms with E-state index in [4.69, 9.17) is 11.6 Å². The standard InChI is InChI=1S/C21H22ClN3O3S/c1-14-9-15(22)11-17(10-14)29(27,28)23-16-5-6-18-19(13-24(2)20(18)12-16)21(26)25-7-3-4-8-25/h5-6,9-13,23H,3-4,7-8H2,1-2H3. The molecule has 1 aliphatic rings. The van der Waals surface area contributed by atoms with Crippen LogP contribution in [-0.2, 0) is 17.1 Å². The summed E-state index contributed by atoms with van der Waals surface area (Å²) in [4.78, 5) is 14.8. The van der Waals surface area contributed by atoms with Gasteiger partial charge in [0.1, 0.15) is 0 Å². The number of nitrogens with zero attached hydrogens (tertiary/aromatic N) is 2. The number of carbonyl (C=O) groups excluding carboxylic acids is 1. The van der Waals surface area contributed by atoms with Crippen LogP contribution in [-0.4, -0.2) is 36.9 Å². The first kappa shape index (κ1) is 19.8. The molecule has 2 heterocycles. The van der Waals surface area contributed by atoms with Gasteiger partial charge in [-0.3, -0.25) is 9.52 Å². The lowest BCUT2D eigenvalue weighted by molar-refractivity contribution is 0.0794. The summed E-state index contributed by atoms with van der Waals surface area (Å²) in [5, 5.41) is 1.18. The first-order valence-electron chi connectivity index (χ1n) is 9.43. The summed E-state index contributed by atoms with van der Waals surface area (Å²) in [5.74, 6) is 0.0239. The van der Waals surface area contributed by atoms with Gasteiger partial charge in [0.2, 0.25) is 0 Å². The molecule has 1 aliphatic heterocycles. The number of halogens is 1. The first-order valence-corrected chi connectivity index (χ1v) is 11.3.